The lowest BCUT2D eigenvalue weighted by Gasteiger charge is -2.31. The Bertz CT molecular complexity index is 596. The molecule has 3 heterocycles. The summed E-state index contributed by atoms with van der Waals surface area (Å²) < 4.78 is 6.35. The average molecular weight is 281 g/mol. The summed E-state index contributed by atoms with van der Waals surface area (Å²) in [6.07, 6.45) is 1.22. The van der Waals surface area contributed by atoms with E-state index in [1.54, 1.807) is 0 Å². The second kappa shape index (κ2) is 4.92. The number of hydrogen-bond acceptors (Lipinski definition) is 6. The Morgan fingerprint density at radius 3 is 3.00 bits per heavy atom. The van der Waals surface area contributed by atoms with E-state index in [9.17, 15) is 9.90 Å². The van der Waals surface area contributed by atoms with Gasteiger partial charge in [0, 0.05) is 0 Å². The fourth-order valence-electron chi connectivity index (χ4n) is 2.24. The fourth-order valence-corrected chi connectivity index (χ4v) is 2.88. The molecule has 0 bridgehead atoms. The maximum Gasteiger partial charge on any atom is 0.437 e. The minimum absolute atomic E-state index is 0.183. The van der Waals surface area contributed by atoms with Crippen LogP contribution in [0.1, 0.15) is 12.8 Å². The van der Waals surface area contributed by atoms with Gasteiger partial charge in [-0.1, -0.05) is 6.07 Å². The van der Waals surface area contributed by atoms with E-state index in [-0.39, 0.29) is 6.54 Å². The Morgan fingerprint density at radius 2 is 2.32 bits per heavy atom. The van der Waals surface area contributed by atoms with Crippen LogP contribution in [0.5, 0.6) is 0 Å². The Kier molecular flexibility index (Phi) is 3.26. The van der Waals surface area contributed by atoms with Crippen LogP contribution in [0.15, 0.2) is 26.7 Å². The molecule has 7 heteroatoms. The highest BCUT2D eigenvalue weighted by molar-refractivity contribution is 7.13. The smallest absolute Gasteiger partial charge is 0.388 e. The zero-order valence-electron chi connectivity index (χ0n) is 10.3. The van der Waals surface area contributed by atoms with E-state index in [1.807, 2.05) is 17.5 Å². The summed E-state index contributed by atoms with van der Waals surface area (Å²) in [5.41, 5.74) is -0.876. The third-order valence-electron chi connectivity index (χ3n) is 3.32. The summed E-state index contributed by atoms with van der Waals surface area (Å²) in [6.45, 7) is 1.68. The Balaban J connectivity index is 1.83. The van der Waals surface area contributed by atoms with Crippen molar-refractivity contribution in [3.63, 3.8) is 0 Å². The standard InChI is InChI=1S/C12H15N3O3S/c16-11-15(8-12(17)3-5-13-6-4-12)14-10(18-11)9-2-1-7-19-9/h1-2,7,13,17H,3-6,8H2. The van der Waals surface area contributed by atoms with Crippen molar-refractivity contribution in [2.75, 3.05) is 13.1 Å². The monoisotopic (exact) mass is 281 g/mol. The maximum atomic E-state index is 11.8. The molecule has 0 aromatic carbocycles. The van der Waals surface area contributed by atoms with Gasteiger partial charge in [0.2, 0.25) is 0 Å². The highest BCUT2D eigenvalue weighted by atomic mass is 32.1. The van der Waals surface area contributed by atoms with Crippen molar-refractivity contribution >= 4 is 11.3 Å². The molecule has 0 aliphatic carbocycles. The predicted octanol–water partition coefficient (Wildman–Crippen LogP) is 0.679. The molecule has 1 saturated heterocycles. The van der Waals surface area contributed by atoms with Crippen molar-refractivity contribution in [2.24, 2.45) is 0 Å². The van der Waals surface area contributed by atoms with Crippen LogP contribution < -0.4 is 11.1 Å². The van der Waals surface area contributed by atoms with Crippen LogP contribution in [0.4, 0.5) is 0 Å². The van der Waals surface area contributed by atoms with Crippen LogP contribution in [-0.4, -0.2) is 33.6 Å². The van der Waals surface area contributed by atoms with E-state index in [0.29, 0.717) is 18.7 Å². The third-order valence-corrected chi connectivity index (χ3v) is 4.17. The molecule has 6 nitrogen and oxygen atoms in total. The van der Waals surface area contributed by atoms with Gasteiger partial charge in [0.15, 0.2) is 0 Å². The zero-order chi connectivity index (χ0) is 13.3. The summed E-state index contributed by atoms with van der Waals surface area (Å²) >= 11 is 1.46. The molecule has 2 aromatic rings. The molecule has 1 fully saturated rings. The number of rotatable bonds is 3. The molecule has 1 aliphatic rings. The largest absolute Gasteiger partial charge is 0.437 e. The first-order chi connectivity index (χ1) is 9.16. The van der Waals surface area contributed by atoms with Crippen LogP contribution in [0, 0.1) is 0 Å². The molecule has 0 radical (unpaired) electrons. The molecule has 2 aromatic heterocycles. The Morgan fingerprint density at radius 1 is 1.53 bits per heavy atom. The number of hydrogen-bond donors (Lipinski definition) is 2. The van der Waals surface area contributed by atoms with E-state index in [4.69, 9.17) is 4.42 Å². The number of nitrogens with zero attached hydrogens (tertiary/aromatic N) is 2. The number of piperidine rings is 1. The number of aromatic nitrogens is 2. The quantitative estimate of drug-likeness (QED) is 0.864. The van der Waals surface area contributed by atoms with Gasteiger partial charge in [-0.15, -0.1) is 16.4 Å². The van der Waals surface area contributed by atoms with E-state index in [2.05, 4.69) is 10.4 Å². The van der Waals surface area contributed by atoms with Gasteiger partial charge in [-0.3, -0.25) is 0 Å². The number of thiophene rings is 1. The lowest BCUT2D eigenvalue weighted by Crippen LogP contribution is -2.46. The van der Waals surface area contributed by atoms with Gasteiger partial charge >= 0.3 is 5.76 Å². The normalized spacial score (nSPS) is 18.6. The third kappa shape index (κ3) is 2.63. The fraction of sp³-hybridized carbons (Fsp3) is 0.500. The topological polar surface area (TPSA) is 80.3 Å². The molecule has 3 rings (SSSR count). The summed E-state index contributed by atoms with van der Waals surface area (Å²) in [4.78, 5) is 12.6. The van der Waals surface area contributed by atoms with Crippen LogP contribution in [0.25, 0.3) is 10.8 Å². The van der Waals surface area contributed by atoms with E-state index in [0.717, 1.165) is 18.0 Å². The lowest BCUT2D eigenvalue weighted by molar-refractivity contribution is -0.00971. The number of nitrogens with one attached hydrogen (secondary N) is 1. The lowest BCUT2D eigenvalue weighted by atomic mass is 9.93. The van der Waals surface area contributed by atoms with Crippen LogP contribution >= 0.6 is 11.3 Å². The van der Waals surface area contributed by atoms with Gasteiger partial charge in [0.05, 0.1) is 17.0 Å². The second-order valence-corrected chi connectivity index (χ2v) is 5.73. The first-order valence-corrected chi connectivity index (χ1v) is 7.09. The molecule has 102 valence electrons. The van der Waals surface area contributed by atoms with E-state index >= 15 is 0 Å². The van der Waals surface area contributed by atoms with Gasteiger partial charge in [0.25, 0.3) is 5.89 Å². The average Bonchev–Trinajstić information content (AvgIpc) is 3.00. The summed E-state index contributed by atoms with van der Waals surface area (Å²) in [6, 6.07) is 3.72. The molecule has 0 amide bonds. The van der Waals surface area contributed by atoms with Crippen LogP contribution in [-0.2, 0) is 6.54 Å². The summed E-state index contributed by atoms with van der Waals surface area (Å²) in [5.74, 6) is -0.201. The van der Waals surface area contributed by atoms with Gasteiger partial charge in [-0.05, 0) is 37.4 Å². The van der Waals surface area contributed by atoms with Crippen molar-refractivity contribution in [1.82, 2.24) is 15.1 Å². The van der Waals surface area contributed by atoms with Crippen molar-refractivity contribution in [3.8, 4) is 10.8 Å². The molecule has 19 heavy (non-hydrogen) atoms. The van der Waals surface area contributed by atoms with Gasteiger partial charge in [0.1, 0.15) is 0 Å². The first kappa shape index (κ1) is 12.6. The van der Waals surface area contributed by atoms with Crippen LogP contribution in [0.2, 0.25) is 0 Å². The molecule has 0 unspecified atom stereocenters. The highest BCUT2D eigenvalue weighted by Gasteiger charge is 2.31. The Hall–Kier alpha value is -1.44. The molecule has 1 aliphatic heterocycles. The first-order valence-electron chi connectivity index (χ1n) is 6.21. The van der Waals surface area contributed by atoms with Gasteiger partial charge < -0.3 is 14.8 Å². The number of aliphatic hydroxyl groups is 1. The van der Waals surface area contributed by atoms with Crippen molar-refractivity contribution in [3.05, 3.63) is 28.1 Å². The zero-order valence-corrected chi connectivity index (χ0v) is 11.2. The maximum absolute atomic E-state index is 11.8. The molecule has 0 saturated carbocycles. The summed E-state index contributed by atoms with van der Waals surface area (Å²) in [5, 5.41) is 19.6. The SMILES string of the molecule is O=c1oc(-c2cccs2)nn1CC1(O)CCNCC1. The van der Waals surface area contributed by atoms with E-state index < -0.39 is 11.4 Å². The minimum atomic E-state index is -0.876. The molecule has 0 spiro atoms. The Labute approximate surface area is 113 Å². The van der Waals surface area contributed by atoms with Crippen molar-refractivity contribution in [1.29, 1.82) is 0 Å². The minimum Gasteiger partial charge on any atom is -0.388 e. The highest BCUT2D eigenvalue weighted by Crippen LogP contribution is 2.23. The van der Waals surface area contributed by atoms with Crippen LogP contribution in [0.3, 0.4) is 0 Å². The van der Waals surface area contributed by atoms with E-state index in [1.165, 1.54) is 16.0 Å². The molecule has 2 N–H and O–H groups in total. The van der Waals surface area contributed by atoms with Gasteiger partial charge in [-0.2, -0.15) is 4.68 Å². The molecule has 0 atom stereocenters. The molecular weight excluding hydrogens is 266 g/mol. The summed E-state index contributed by atoms with van der Waals surface area (Å²) in [7, 11) is 0. The van der Waals surface area contributed by atoms with Gasteiger partial charge in [-0.25, -0.2) is 4.79 Å². The van der Waals surface area contributed by atoms with Crippen molar-refractivity contribution < 1.29 is 9.52 Å². The van der Waals surface area contributed by atoms with Crippen molar-refractivity contribution in [2.45, 2.75) is 25.0 Å². The molecular formula is C12H15N3O3S. The predicted molar refractivity (Wildman–Crippen MR) is 71.1 cm³/mol. The second-order valence-electron chi connectivity index (χ2n) is 4.78.